The van der Waals surface area contributed by atoms with E-state index in [2.05, 4.69) is 17.6 Å². The Morgan fingerprint density at radius 3 is 2.00 bits per heavy atom. The molecule has 0 aromatic rings. The highest BCUT2D eigenvalue weighted by atomic mass is 16.4. The molecule has 0 rings (SSSR count). The van der Waals surface area contributed by atoms with Gasteiger partial charge in [0.05, 0.1) is 0 Å². The fourth-order valence-corrected chi connectivity index (χ4v) is 2.91. The van der Waals surface area contributed by atoms with Crippen molar-refractivity contribution < 1.29 is 19.5 Å². The van der Waals surface area contributed by atoms with Crippen molar-refractivity contribution in [3.63, 3.8) is 0 Å². The number of carboxylic acid groups (broad SMARTS) is 1. The van der Waals surface area contributed by atoms with Gasteiger partial charge in [0.2, 0.25) is 5.91 Å². The fourth-order valence-electron chi connectivity index (χ4n) is 2.91. The van der Waals surface area contributed by atoms with Crippen molar-refractivity contribution in [2.45, 2.75) is 96.6 Å². The predicted molar refractivity (Wildman–Crippen MR) is 99.3 cm³/mol. The van der Waals surface area contributed by atoms with E-state index in [1.807, 2.05) is 0 Å². The fraction of sp³-hybridized carbons (Fsp3) is 0.842. The van der Waals surface area contributed by atoms with Gasteiger partial charge in [-0.15, -0.1) is 0 Å². The van der Waals surface area contributed by atoms with E-state index in [4.69, 9.17) is 0 Å². The lowest BCUT2D eigenvalue weighted by Gasteiger charge is -2.30. The summed E-state index contributed by atoms with van der Waals surface area (Å²) in [5, 5.41) is 14.9. The second-order valence-electron chi connectivity index (χ2n) is 6.57. The maximum Gasteiger partial charge on any atom is 0.344 e. The molecule has 0 bridgehead atoms. The number of hydrogen-bond donors (Lipinski definition) is 3. The molecular formula is C19H36N2O4. The molecule has 0 spiro atoms. The van der Waals surface area contributed by atoms with Crippen LogP contribution in [0.15, 0.2) is 0 Å². The summed E-state index contributed by atoms with van der Waals surface area (Å²) in [4.78, 5) is 34.3. The lowest BCUT2D eigenvalue weighted by molar-refractivity contribution is -0.150. The maximum atomic E-state index is 12.1. The third-order valence-electron chi connectivity index (χ3n) is 4.34. The van der Waals surface area contributed by atoms with Crippen molar-refractivity contribution in [2.75, 3.05) is 6.54 Å². The minimum absolute atomic E-state index is 0.0448. The average Bonchev–Trinajstić information content (AvgIpc) is 2.58. The predicted octanol–water partition coefficient (Wildman–Crippen LogP) is 3.39. The van der Waals surface area contributed by atoms with Crippen molar-refractivity contribution in [2.24, 2.45) is 0 Å². The van der Waals surface area contributed by atoms with E-state index in [-0.39, 0.29) is 18.7 Å². The molecular weight excluding hydrogens is 320 g/mol. The molecule has 0 fully saturated rings. The van der Waals surface area contributed by atoms with Crippen LogP contribution in [0.3, 0.4) is 0 Å². The number of carboxylic acids is 1. The summed E-state index contributed by atoms with van der Waals surface area (Å²) in [5.74, 6) is -1.44. The van der Waals surface area contributed by atoms with Crippen LogP contribution in [-0.4, -0.2) is 35.5 Å². The molecule has 1 unspecified atom stereocenters. The lowest BCUT2D eigenvalue weighted by atomic mass is 10.0. The Labute approximate surface area is 152 Å². The molecule has 0 aliphatic rings. The first-order valence-electron chi connectivity index (χ1n) is 9.75. The van der Waals surface area contributed by atoms with E-state index in [1.54, 1.807) is 6.92 Å². The maximum absolute atomic E-state index is 12.1. The van der Waals surface area contributed by atoms with Gasteiger partial charge in [0.25, 0.3) is 0 Å². The molecule has 0 aliphatic heterocycles. The Morgan fingerprint density at radius 2 is 1.52 bits per heavy atom. The molecule has 0 radical (unpaired) electrons. The van der Waals surface area contributed by atoms with Gasteiger partial charge >= 0.3 is 5.97 Å². The van der Waals surface area contributed by atoms with E-state index < -0.39 is 11.6 Å². The van der Waals surface area contributed by atoms with E-state index in [1.165, 1.54) is 38.5 Å². The zero-order valence-corrected chi connectivity index (χ0v) is 15.9. The Morgan fingerprint density at radius 1 is 0.960 bits per heavy atom. The molecule has 0 aromatic heterocycles. The first kappa shape index (κ1) is 23.6. The molecule has 0 aliphatic carbocycles. The smallest absolute Gasteiger partial charge is 0.344 e. The summed E-state index contributed by atoms with van der Waals surface area (Å²) in [5.41, 5.74) is -1.55. The summed E-state index contributed by atoms with van der Waals surface area (Å²) < 4.78 is 0. The van der Waals surface area contributed by atoms with Gasteiger partial charge in [-0.05, 0) is 13.0 Å². The number of likely N-dealkylation sites (N-methyl/N-ethyl adjacent to an activating group) is 1. The molecule has 0 heterocycles. The van der Waals surface area contributed by atoms with Crippen molar-refractivity contribution in [1.29, 1.82) is 0 Å². The number of carbonyl (C=O) groups excluding carboxylic acids is 2. The lowest BCUT2D eigenvalue weighted by Crippen LogP contribution is -2.64. The molecule has 3 N–H and O–H groups in total. The topological polar surface area (TPSA) is 95.5 Å². The third kappa shape index (κ3) is 10.9. The number of aldehydes is 1. The summed E-state index contributed by atoms with van der Waals surface area (Å²) in [6, 6.07) is 0. The van der Waals surface area contributed by atoms with Gasteiger partial charge < -0.3 is 15.2 Å². The minimum atomic E-state index is -1.55. The first-order chi connectivity index (χ1) is 12.0. The number of carbonyl (C=O) groups is 3. The Kier molecular flexibility index (Phi) is 14.0. The third-order valence-corrected chi connectivity index (χ3v) is 4.34. The van der Waals surface area contributed by atoms with Crippen LogP contribution in [0.5, 0.6) is 0 Å². The van der Waals surface area contributed by atoms with E-state index in [9.17, 15) is 19.5 Å². The largest absolute Gasteiger partial charge is 0.478 e. The van der Waals surface area contributed by atoms with E-state index in [0.717, 1.165) is 19.3 Å². The van der Waals surface area contributed by atoms with Gasteiger partial charge in [-0.3, -0.25) is 10.1 Å². The van der Waals surface area contributed by atoms with Crippen LogP contribution in [0.1, 0.15) is 90.9 Å². The number of unbranched alkanes of at least 4 members (excludes halogenated alkanes) is 8. The van der Waals surface area contributed by atoms with Crippen LogP contribution in [-0.2, 0) is 14.4 Å². The van der Waals surface area contributed by atoms with Crippen LogP contribution in [0.4, 0.5) is 0 Å². The number of rotatable bonds is 17. The van der Waals surface area contributed by atoms with E-state index in [0.29, 0.717) is 19.3 Å². The molecule has 6 heteroatoms. The standard InChI is InChI=1S/C19H36N2O4/c1-3-5-6-7-8-9-10-11-12-14-17(23)21-19(18(24)25,20-4-2)15-13-16-22/h16,20H,3-15H2,1-2H3,(H,21,23)(H,24,25). The highest BCUT2D eigenvalue weighted by Crippen LogP contribution is 2.13. The number of amides is 1. The molecule has 25 heavy (non-hydrogen) atoms. The van der Waals surface area contributed by atoms with Gasteiger partial charge in [-0.25, -0.2) is 4.79 Å². The molecule has 1 amide bonds. The van der Waals surface area contributed by atoms with Gasteiger partial charge in [0.1, 0.15) is 6.29 Å². The van der Waals surface area contributed by atoms with E-state index >= 15 is 0 Å². The van der Waals surface area contributed by atoms with Crippen LogP contribution in [0, 0.1) is 0 Å². The summed E-state index contributed by atoms with van der Waals surface area (Å²) in [7, 11) is 0. The molecule has 0 aromatic carbocycles. The van der Waals surface area contributed by atoms with Crippen molar-refractivity contribution in [3.8, 4) is 0 Å². The van der Waals surface area contributed by atoms with Gasteiger partial charge in [-0.1, -0.05) is 65.2 Å². The zero-order chi connectivity index (χ0) is 19.0. The van der Waals surface area contributed by atoms with Crippen LogP contribution in [0.25, 0.3) is 0 Å². The Bertz CT molecular complexity index is 388. The molecule has 1 atom stereocenters. The molecule has 6 nitrogen and oxygen atoms in total. The van der Waals surface area contributed by atoms with Crippen molar-refractivity contribution in [1.82, 2.24) is 10.6 Å². The van der Waals surface area contributed by atoms with Crippen LogP contribution in [0.2, 0.25) is 0 Å². The molecule has 0 saturated heterocycles. The Hall–Kier alpha value is -1.43. The second-order valence-corrected chi connectivity index (χ2v) is 6.57. The first-order valence-corrected chi connectivity index (χ1v) is 9.75. The minimum Gasteiger partial charge on any atom is -0.478 e. The zero-order valence-electron chi connectivity index (χ0n) is 15.9. The van der Waals surface area contributed by atoms with Crippen LogP contribution >= 0.6 is 0 Å². The van der Waals surface area contributed by atoms with Crippen molar-refractivity contribution in [3.05, 3.63) is 0 Å². The van der Waals surface area contributed by atoms with Gasteiger partial charge in [0.15, 0.2) is 5.66 Å². The van der Waals surface area contributed by atoms with Crippen molar-refractivity contribution >= 4 is 18.2 Å². The van der Waals surface area contributed by atoms with Gasteiger partial charge in [-0.2, -0.15) is 0 Å². The quantitative estimate of drug-likeness (QED) is 0.211. The average molecular weight is 357 g/mol. The summed E-state index contributed by atoms with van der Waals surface area (Å²) in [6.45, 7) is 4.37. The Balaban J connectivity index is 4.09. The highest BCUT2D eigenvalue weighted by Gasteiger charge is 2.38. The number of nitrogens with one attached hydrogen (secondary N) is 2. The highest BCUT2D eigenvalue weighted by molar-refractivity contribution is 5.86. The number of aliphatic carboxylic acids is 1. The summed E-state index contributed by atoms with van der Waals surface area (Å²) in [6.07, 6.45) is 11.6. The monoisotopic (exact) mass is 356 g/mol. The normalized spacial score (nSPS) is 13.2. The second kappa shape index (κ2) is 14.9. The summed E-state index contributed by atoms with van der Waals surface area (Å²) >= 11 is 0. The number of hydrogen-bond acceptors (Lipinski definition) is 4. The molecule has 146 valence electrons. The SMILES string of the molecule is CCCCCCCCCCCC(=O)NC(CCC=O)(NCC)C(=O)O. The molecule has 0 saturated carbocycles. The van der Waals surface area contributed by atoms with Crippen LogP contribution < -0.4 is 10.6 Å². The van der Waals surface area contributed by atoms with Gasteiger partial charge in [0, 0.05) is 19.3 Å².